The van der Waals surface area contributed by atoms with Crippen LogP contribution >= 0.6 is 0 Å². The Morgan fingerprint density at radius 3 is 2.37 bits per heavy atom. The SMILES string of the molecule is COc1ccc(C(C)NN2CCCCC2)cc1OC. The van der Waals surface area contributed by atoms with E-state index in [1.807, 2.05) is 12.1 Å². The Morgan fingerprint density at radius 1 is 1.05 bits per heavy atom. The van der Waals surface area contributed by atoms with E-state index < -0.39 is 0 Å². The Labute approximate surface area is 115 Å². The molecule has 0 saturated carbocycles. The largest absolute Gasteiger partial charge is 0.493 e. The Hall–Kier alpha value is -1.26. The smallest absolute Gasteiger partial charge is 0.161 e. The van der Waals surface area contributed by atoms with E-state index in [0.717, 1.165) is 24.6 Å². The van der Waals surface area contributed by atoms with Crippen molar-refractivity contribution in [2.45, 2.75) is 32.2 Å². The third-order valence-electron chi connectivity index (χ3n) is 3.64. The Morgan fingerprint density at radius 2 is 1.74 bits per heavy atom. The minimum Gasteiger partial charge on any atom is -0.493 e. The maximum atomic E-state index is 5.35. The predicted octanol–water partition coefficient (Wildman–Crippen LogP) is 2.76. The summed E-state index contributed by atoms with van der Waals surface area (Å²) in [5, 5.41) is 2.32. The molecule has 1 N–H and O–H groups in total. The van der Waals surface area contributed by atoms with Crippen molar-refractivity contribution >= 4 is 0 Å². The fourth-order valence-electron chi connectivity index (χ4n) is 2.49. The molecular weight excluding hydrogens is 240 g/mol. The van der Waals surface area contributed by atoms with Gasteiger partial charge in [0.15, 0.2) is 11.5 Å². The van der Waals surface area contributed by atoms with Gasteiger partial charge in [-0.05, 0) is 37.5 Å². The monoisotopic (exact) mass is 264 g/mol. The molecule has 2 rings (SSSR count). The quantitative estimate of drug-likeness (QED) is 0.886. The summed E-state index contributed by atoms with van der Waals surface area (Å²) in [5.74, 6) is 1.56. The van der Waals surface area contributed by atoms with Gasteiger partial charge in [-0.2, -0.15) is 0 Å². The van der Waals surface area contributed by atoms with E-state index in [4.69, 9.17) is 9.47 Å². The summed E-state index contributed by atoms with van der Waals surface area (Å²) in [6, 6.07) is 6.37. The molecule has 0 amide bonds. The van der Waals surface area contributed by atoms with E-state index in [1.54, 1.807) is 14.2 Å². The van der Waals surface area contributed by atoms with E-state index in [9.17, 15) is 0 Å². The van der Waals surface area contributed by atoms with Gasteiger partial charge in [0.25, 0.3) is 0 Å². The first-order valence-corrected chi connectivity index (χ1v) is 6.97. The molecular formula is C15H24N2O2. The molecule has 0 radical (unpaired) electrons. The summed E-state index contributed by atoms with van der Waals surface area (Å²) < 4.78 is 10.6. The molecule has 1 fully saturated rings. The van der Waals surface area contributed by atoms with Crippen LogP contribution in [0.4, 0.5) is 0 Å². The van der Waals surface area contributed by atoms with Crippen LogP contribution in [-0.2, 0) is 0 Å². The molecule has 1 atom stereocenters. The van der Waals surface area contributed by atoms with Crippen LogP contribution in [0.15, 0.2) is 18.2 Å². The Kier molecular flexibility index (Phi) is 5.05. The lowest BCUT2D eigenvalue weighted by atomic mass is 10.1. The number of hydrogen-bond acceptors (Lipinski definition) is 4. The molecule has 1 heterocycles. The summed E-state index contributed by atoms with van der Waals surface area (Å²) >= 11 is 0. The summed E-state index contributed by atoms with van der Waals surface area (Å²) in [7, 11) is 3.33. The molecule has 106 valence electrons. The van der Waals surface area contributed by atoms with Gasteiger partial charge in [0, 0.05) is 19.1 Å². The molecule has 19 heavy (non-hydrogen) atoms. The molecule has 0 bridgehead atoms. The van der Waals surface area contributed by atoms with Crippen molar-refractivity contribution in [1.29, 1.82) is 0 Å². The number of rotatable bonds is 5. The number of hydrogen-bond donors (Lipinski definition) is 1. The normalized spacial score (nSPS) is 18.1. The van der Waals surface area contributed by atoms with Crippen LogP contribution in [0, 0.1) is 0 Å². The van der Waals surface area contributed by atoms with Crippen LogP contribution < -0.4 is 14.9 Å². The number of hydrazine groups is 1. The number of nitrogens with one attached hydrogen (secondary N) is 1. The molecule has 0 spiro atoms. The predicted molar refractivity (Wildman–Crippen MR) is 76.5 cm³/mol. The summed E-state index contributed by atoms with van der Waals surface area (Å²) in [4.78, 5) is 0. The van der Waals surface area contributed by atoms with Crippen molar-refractivity contribution in [3.05, 3.63) is 23.8 Å². The fraction of sp³-hybridized carbons (Fsp3) is 0.600. The average molecular weight is 264 g/mol. The number of nitrogens with zero attached hydrogens (tertiary/aromatic N) is 1. The van der Waals surface area contributed by atoms with Crippen molar-refractivity contribution in [1.82, 2.24) is 10.4 Å². The Balaban J connectivity index is 2.03. The topological polar surface area (TPSA) is 33.7 Å². The molecule has 4 heteroatoms. The molecule has 1 aromatic carbocycles. The van der Waals surface area contributed by atoms with Crippen molar-refractivity contribution in [3.63, 3.8) is 0 Å². The molecule has 1 saturated heterocycles. The van der Waals surface area contributed by atoms with Crippen LogP contribution in [0.2, 0.25) is 0 Å². The van der Waals surface area contributed by atoms with Gasteiger partial charge in [-0.25, -0.2) is 10.4 Å². The molecule has 0 aromatic heterocycles. The highest BCUT2D eigenvalue weighted by Crippen LogP contribution is 2.30. The van der Waals surface area contributed by atoms with Crippen molar-refractivity contribution < 1.29 is 9.47 Å². The van der Waals surface area contributed by atoms with E-state index in [2.05, 4.69) is 23.4 Å². The van der Waals surface area contributed by atoms with Gasteiger partial charge in [0.05, 0.1) is 14.2 Å². The van der Waals surface area contributed by atoms with Crippen LogP contribution in [0.3, 0.4) is 0 Å². The standard InChI is InChI=1S/C15H24N2O2/c1-12(16-17-9-5-4-6-10-17)13-7-8-14(18-2)15(11-13)19-3/h7-8,11-12,16H,4-6,9-10H2,1-3H3. The maximum absolute atomic E-state index is 5.35. The lowest BCUT2D eigenvalue weighted by Gasteiger charge is -2.30. The molecule has 1 unspecified atom stereocenters. The summed E-state index contributed by atoms with van der Waals surface area (Å²) in [6.45, 7) is 4.45. The third kappa shape index (κ3) is 3.61. The van der Waals surface area contributed by atoms with Gasteiger partial charge in [-0.15, -0.1) is 0 Å². The lowest BCUT2D eigenvalue weighted by molar-refractivity contribution is 0.133. The lowest BCUT2D eigenvalue weighted by Crippen LogP contribution is -2.42. The highest BCUT2D eigenvalue weighted by Gasteiger charge is 2.15. The van der Waals surface area contributed by atoms with E-state index in [1.165, 1.54) is 24.8 Å². The van der Waals surface area contributed by atoms with E-state index >= 15 is 0 Å². The van der Waals surface area contributed by atoms with Crippen molar-refractivity contribution in [2.24, 2.45) is 0 Å². The number of methoxy groups -OCH3 is 2. The molecule has 1 aliphatic heterocycles. The second-order valence-corrected chi connectivity index (χ2v) is 5.01. The molecule has 0 aliphatic carbocycles. The van der Waals surface area contributed by atoms with Crippen LogP contribution in [0.25, 0.3) is 0 Å². The maximum Gasteiger partial charge on any atom is 0.161 e. The van der Waals surface area contributed by atoms with Gasteiger partial charge in [0.2, 0.25) is 0 Å². The highest BCUT2D eigenvalue weighted by atomic mass is 16.5. The summed E-state index contributed by atoms with van der Waals surface area (Å²) in [6.07, 6.45) is 3.92. The summed E-state index contributed by atoms with van der Waals surface area (Å²) in [5.41, 5.74) is 4.77. The van der Waals surface area contributed by atoms with E-state index in [-0.39, 0.29) is 6.04 Å². The van der Waals surface area contributed by atoms with Crippen LogP contribution in [0.5, 0.6) is 11.5 Å². The van der Waals surface area contributed by atoms with Gasteiger partial charge in [-0.1, -0.05) is 12.5 Å². The van der Waals surface area contributed by atoms with Gasteiger partial charge < -0.3 is 9.47 Å². The zero-order valence-corrected chi connectivity index (χ0v) is 12.1. The minimum absolute atomic E-state index is 0.276. The first kappa shape index (κ1) is 14.2. The first-order chi connectivity index (χ1) is 9.24. The molecule has 1 aliphatic rings. The van der Waals surface area contributed by atoms with Crippen LogP contribution in [0.1, 0.15) is 37.8 Å². The van der Waals surface area contributed by atoms with Gasteiger partial charge in [-0.3, -0.25) is 0 Å². The van der Waals surface area contributed by atoms with Gasteiger partial charge >= 0.3 is 0 Å². The second kappa shape index (κ2) is 6.78. The third-order valence-corrected chi connectivity index (χ3v) is 3.64. The number of piperidine rings is 1. The fourth-order valence-corrected chi connectivity index (χ4v) is 2.49. The van der Waals surface area contributed by atoms with Crippen molar-refractivity contribution in [3.8, 4) is 11.5 Å². The van der Waals surface area contributed by atoms with E-state index in [0.29, 0.717) is 0 Å². The zero-order valence-electron chi connectivity index (χ0n) is 12.1. The van der Waals surface area contributed by atoms with Crippen molar-refractivity contribution in [2.75, 3.05) is 27.3 Å². The minimum atomic E-state index is 0.276. The molecule has 4 nitrogen and oxygen atoms in total. The zero-order chi connectivity index (χ0) is 13.7. The Bertz CT molecular complexity index is 403. The van der Waals surface area contributed by atoms with Gasteiger partial charge in [0.1, 0.15) is 0 Å². The highest BCUT2D eigenvalue weighted by molar-refractivity contribution is 5.43. The van der Waals surface area contributed by atoms with Crippen LogP contribution in [-0.4, -0.2) is 32.3 Å². The number of benzene rings is 1. The molecule has 1 aromatic rings. The second-order valence-electron chi connectivity index (χ2n) is 5.01. The first-order valence-electron chi connectivity index (χ1n) is 6.97. The number of ether oxygens (including phenoxy) is 2. The average Bonchev–Trinajstić information content (AvgIpc) is 2.47.